The molecule has 2 amide bonds. The van der Waals surface area contributed by atoms with Crippen molar-refractivity contribution in [2.24, 2.45) is 5.92 Å². The van der Waals surface area contributed by atoms with Crippen molar-refractivity contribution in [1.82, 2.24) is 14.1 Å². The SMILES string of the molecule is CCN1CCN(C(=O)C2CCN(S(=O)(=O)c3cc4c(cc3Cl)NC(=O)CO4)CC2)CC1. The Hall–Kier alpha value is -1.88. The van der Waals surface area contributed by atoms with E-state index in [1.165, 1.54) is 16.4 Å². The monoisotopic (exact) mass is 470 g/mol. The molecule has 0 spiro atoms. The first kappa shape index (κ1) is 22.3. The molecule has 2 saturated heterocycles. The fourth-order valence-corrected chi connectivity index (χ4v) is 6.29. The number of piperidine rings is 1. The summed E-state index contributed by atoms with van der Waals surface area (Å²) in [6, 6.07) is 2.75. The molecule has 1 N–H and O–H groups in total. The number of carbonyl (C=O) groups excluding carboxylic acids is 2. The molecule has 0 unspecified atom stereocenters. The lowest BCUT2D eigenvalue weighted by molar-refractivity contribution is -0.138. The quantitative estimate of drug-likeness (QED) is 0.710. The minimum atomic E-state index is -3.85. The fraction of sp³-hybridized carbons (Fsp3) is 0.600. The number of sulfonamides is 1. The van der Waals surface area contributed by atoms with E-state index in [-0.39, 0.29) is 53.1 Å². The van der Waals surface area contributed by atoms with Crippen molar-refractivity contribution >= 4 is 39.1 Å². The van der Waals surface area contributed by atoms with E-state index in [9.17, 15) is 18.0 Å². The van der Waals surface area contributed by atoms with Crippen LogP contribution in [0, 0.1) is 5.92 Å². The number of anilines is 1. The zero-order chi connectivity index (χ0) is 22.2. The lowest BCUT2D eigenvalue weighted by Crippen LogP contribution is -2.51. The Bertz CT molecular complexity index is 970. The molecule has 2 fully saturated rings. The summed E-state index contributed by atoms with van der Waals surface area (Å²) in [5.74, 6) is -0.0678. The molecule has 0 bridgehead atoms. The first-order valence-electron chi connectivity index (χ1n) is 10.6. The largest absolute Gasteiger partial charge is 0.482 e. The summed E-state index contributed by atoms with van der Waals surface area (Å²) in [7, 11) is -3.85. The maximum absolute atomic E-state index is 13.2. The van der Waals surface area contributed by atoms with Crippen LogP contribution in [-0.4, -0.2) is 86.8 Å². The summed E-state index contributed by atoms with van der Waals surface area (Å²) < 4.78 is 33.1. The van der Waals surface area contributed by atoms with Gasteiger partial charge in [-0.2, -0.15) is 4.31 Å². The van der Waals surface area contributed by atoms with Crippen molar-refractivity contribution in [2.75, 3.05) is 57.7 Å². The molecule has 31 heavy (non-hydrogen) atoms. The van der Waals surface area contributed by atoms with Gasteiger partial charge in [-0.15, -0.1) is 0 Å². The summed E-state index contributed by atoms with van der Waals surface area (Å²) in [5.41, 5.74) is 0.354. The van der Waals surface area contributed by atoms with Crippen LogP contribution in [0.4, 0.5) is 5.69 Å². The summed E-state index contributed by atoms with van der Waals surface area (Å²) in [5, 5.41) is 2.64. The second-order valence-corrected chi connectivity index (χ2v) is 10.4. The molecule has 4 rings (SSSR count). The number of carbonyl (C=O) groups is 2. The maximum atomic E-state index is 13.2. The molecule has 9 nitrogen and oxygen atoms in total. The Morgan fingerprint density at radius 3 is 2.48 bits per heavy atom. The van der Waals surface area contributed by atoms with Crippen molar-refractivity contribution < 1.29 is 22.7 Å². The third kappa shape index (κ3) is 4.52. The van der Waals surface area contributed by atoms with Gasteiger partial charge in [0.15, 0.2) is 6.61 Å². The molecule has 170 valence electrons. The topological polar surface area (TPSA) is 99.3 Å². The smallest absolute Gasteiger partial charge is 0.262 e. The van der Waals surface area contributed by atoms with Crippen molar-refractivity contribution in [2.45, 2.75) is 24.7 Å². The van der Waals surface area contributed by atoms with E-state index in [0.717, 1.165) is 32.7 Å². The maximum Gasteiger partial charge on any atom is 0.262 e. The van der Waals surface area contributed by atoms with Crippen LogP contribution in [-0.2, 0) is 19.6 Å². The van der Waals surface area contributed by atoms with Gasteiger partial charge < -0.3 is 19.9 Å². The van der Waals surface area contributed by atoms with Gasteiger partial charge >= 0.3 is 0 Å². The molecule has 0 saturated carbocycles. The Kier molecular flexibility index (Phi) is 6.43. The number of hydrogen-bond donors (Lipinski definition) is 1. The number of nitrogens with one attached hydrogen (secondary N) is 1. The van der Waals surface area contributed by atoms with Gasteiger partial charge in [-0.05, 0) is 25.5 Å². The number of nitrogens with zero attached hydrogens (tertiary/aromatic N) is 3. The van der Waals surface area contributed by atoms with E-state index >= 15 is 0 Å². The molecule has 1 aromatic carbocycles. The average Bonchev–Trinajstić information content (AvgIpc) is 2.78. The van der Waals surface area contributed by atoms with Gasteiger partial charge in [-0.25, -0.2) is 8.42 Å². The standard InChI is InChI=1S/C20H27ClN4O5S/c1-2-23-7-9-24(10-8-23)20(27)14-3-5-25(6-4-14)31(28,29)18-12-17-16(11-15(18)21)22-19(26)13-30-17/h11-12,14H,2-10,13H2,1H3,(H,22,26). The number of halogens is 1. The van der Waals surface area contributed by atoms with Gasteiger partial charge in [0.05, 0.1) is 10.7 Å². The van der Waals surface area contributed by atoms with Gasteiger partial charge in [0.1, 0.15) is 10.6 Å². The van der Waals surface area contributed by atoms with Crippen LogP contribution in [0.3, 0.4) is 0 Å². The molecule has 0 radical (unpaired) electrons. The van der Waals surface area contributed by atoms with E-state index in [0.29, 0.717) is 18.5 Å². The minimum Gasteiger partial charge on any atom is -0.482 e. The summed E-state index contributed by atoms with van der Waals surface area (Å²) in [4.78, 5) is 28.5. The van der Waals surface area contributed by atoms with Crippen LogP contribution < -0.4 is 10.1 Å². The zero-order valence-electron chi connectivity index (χ0n) is 17.5. The predicted molar refractivity (Wildman–Crippen MR) is 116 cm³/mol. The number of likely N-dealkylation sites (N-methyl/N-ethyl adjacent to an activating group) is 1. The third-order valence-corrected chi connectivity index (χ3v) is 8.58. The number of amides is 2. The van der Waals surface area contributed by atoms with E-state index in [4.69, 9.17) is 16.3 Å². The van der Waals surface area contributed by atoms with Crippen LogP contribution in [0.2, 0.25) is 5.02 Å². The number of benzene rings is 1. The Labute approximate surface area is 187 Å². The third-order valence-electron chi connectivity index (χ3n) is 6.22. The van der Waals surface area contributed by atoms with E-state index < -0.39 is 10.0 Å². The van der Waals surface area contributed by atoms with Crippen LogP contribution in [0.1, 0.15) is 19.8 Å². The van der Waals surface area contributed by atoms with Gasteiger partial charge in [0.25, 0.3) is 5.91 Å². The zero-order valence-corrected chi connectivity index (χ0v) is 19.0. The van der Waals surface area contributed by atoms with Crippen LogP contribution >= 0.6 is 11.6 Å². The molecule has 0 aliphatic carbocycles. The van der Waals surface area contributed by atoms with Gasteiger partial charge in [-0.1, -0.05) is 18.5 Å². The fourth-order valence-electron chi connectivity index (χ4n) is 4.30. The summed E-state index contributed by atoms with van der Waals surface area (Å²) in [6.45, 7) is 6.68. The molecular formula is C20H27ClN4O5S. The second-order valence-electron chi connectivity index (χ2n) is 8.05. The number of rotatable bonds is 4. The van der Waals surface area contributed by atoms with Crippen molar-refractivity contribution in [3.05, 3.63) is 17.2 Å². The Morgan fingerprint density at radius 1 is 1.16 bits per heavy atom. The number of ether oxygens (including phenoxy) is 1. The highest BCUT2D eigenvalue weighted by Crippen LogP contribution is 2.37. The highest BCUT2D eigenvalue weighted by Gasteiger charge is 2.36. The predicted octanol–water partition coefficient (Wildman–Crippen LogP) is 1.24. The molecular weight excluding hydrogens is 444 g/mol. The summed E-state index contributed by atoms with van der Waals surface area (Å²) in [6.07, 6.45) is 0.975. The highest BCUT2D eigenvalue weighted by molar-refractivity contribution is 7.89. The molecule has 3 aliphatic rings. The van der Waals surface area contributed by atoms with Crippen molar-refractivity contribution in [3.63, 3.8) is 0 Å². The number of fused-ring (bicyclic) bond motifs is 1. The van der Waals surface area contributed by atoms with Gasteiger partial charge in [0, 0.05) is 51.3 Å². The van der Waals surface area contributed by atoms with Crippen molar-refractivity contribution in [3.8, 4) is 5.75 Å². The van der Waals surface area contributed by atoms with E-state index in [1.807, 2.05) is 4.90 Å². The number of hydrogen-bond acceptors (Lipinski definition) is 6. The van der Waals surface area contributed by atoms with Crippen LogP contribution in [0.15, 0.2) is 17.0 Å². The lowest BCUT2D eigenvalue weighted by atomic mass is 9.96. The van der Waals surface area contributed by atoms with Crippen LogP contribution in [0.5, 0.6) is 5.75 Å². The molecule has 0 aromatic heterocycles. The molecule has 1 aromatic rings. The van der Waals surface area contributed by atoms with Crippen LogP contribution in [0.25, 0.3) is 0 Å². The summed E-state index contributed by atoms with van der Waals surface area (Å²) >= 11 is 6.24. The van der Waals surface area contributed by atoms with E-state index in [1.54, 1.807) is 0 Å². The van der Waals surface area contributed by atoms with Gasteiger partial charge in [0.2, 0.25) is 15.9 Å². The first-order chi connectivity index (χ1) is 14.8. The first-order valence-corrected chi connectivity index (χ1v) is 12.4. The minimum absolute atomic E-state index is 0.0246. The normalized spacial score (nSPS) is 21.4. The van der Waals surface area contributed by atoms with E-state index in [2.05, 4.69) is 17.1 Å². The van der Waals surface area contributed by atoms with Crippen molar-refractivity contribution in [1.29, 1.82) is 0 Å². The highest BCUT2D eigenvalue weighted by atomic mass is 35.5. The molecule has 11 heteroatoms. The molecule has 3 aliphatic heterocycles. The molecule has 0 atom stereocenters. The average molecular weight is 471 g/mol. The molecule has 3 heterocycles. The number of piperazine rings is 1. The second kappa shape index (κ2) is 8.93. The lowest BCUT2D eigenvalue weighted by Gasteiger charge is -2.38. The Morgan fingerprint density at radius 2 is 1.84 bits per heavy atom. The van der Waals surface area contributed by atoms with Gasteiger partial charge in [-0.3, -0.25) is 9.59 Å². The Balaban J connectivity index is 1.41.